The third-order valence-electron chi connectivity index (χ3n) is 6.43. The van der Waals surface area contributed by atoms with Crippen molar-refractivity contribution in [3.05, 3.63) is 136 Å². The number of hydrogen-bond donors (Lipinski definition) is 0. The number of rotatable bonds is 6. The number of nitrogens with zero attached hydrogens (tertiary/aromatic N) is 3. The van der Waals surface area contributed by atoms with Crippen LogP contribution in [0.15, 0.2) is 108 Å². The van der Waals surface area contributed by atoms with Gasteiger partial charge in [0.2, 0.25) is 0 Å². The van der Waals surface area contributed by atoms with Crippen LogP contribution in [0.1, 0.15) is 23.0 Å². The summed E-state index contributed by atoms with van der Waals surface area (Å²) in [4.78, 5) is 20.7. The summed E-state index contributed by atoms with van der Waals surface area (Å²) in [6, 6.07) is 32.1. The first-order chi connectivity index (χ1) is 17.0. The fourth-order valence-corrected chi connectivity index (χ4v) is 4.56. The van der Waals surface area contributed by atoms with Crippen molar-refractivity contribution in [1.82, 2.24) is 9.55 Å². The number of halogens is 1. The highest BCUT2D eigenvalue weighted by Crippen LogP contribution is 2.28. The van der Waals surface area contributed by atoms with Gasteiger partial charge in [0, 0.05) is 18.4 Å². The first-order valence-electron chi connectivity index (χ1n) is 11.6. The lowest BCUT2D eigenvalue weighted by Gasteiger charge is -2.24. The van der Waals surface area contributed by atoms with Crippen LogP contribution in [0.5, 0.6) is 0 Å². The Kier molecular flexibility index (Phi) is 6.15. The fourth-order valence-electron chi connectivity index (χ4n) is 4.56. The number of anilines is 2. The van der Waals surface area contributed by atoms with Crippen molar-refractivity contribution in [2.45, 2.75) is 19.4 Å². The summed E-state index contributed by atoms with van der Waals surface area (Å²) in [7, 11) is 1.90. The number of aryl methyl sites for hydroxylation is 1. The van der Waals surface area contributed by atoms with Gasteiger partial charge in [0.05, 0.1) is 16.9 Å². The topological polar surface area (TPSA) is 38.1 Å². The lowest BCUT2D eigenvalue weighted by atomic mass is 9.98. The second-order valence-corrected chi connectivity index (χ2v) is 8.69. The van der Waals surface area contributed by atoms with Gasteiger partial charge >= 0.3 is 0 Å². The Balaban J connectivity index is 1.64. The van der Waals surface area contributed by atoms with Gasteiger partial charge in [-0.05, 0) is 66.9 Å². The van der Waals surface area contributed by atoms with E-state index in [1.54, 1.807) is 12.1 Å². The van der Waals surface area contributed by atoms with Gasteiger partial charge in [0.15, 0.2) is 0 Å². The highest BCUT2D eigenvalue weighted by Gasteiger charge is 2.20. The SMILES string of the molecule is Cc1nc2ccc(N(C)c3ccc(F)cc3)cc2c(=O)n1C(Cc1ccccc1)c1ccccc1. The Morgan fingerprint density at radius 1 is 0.857 bits per heavy atom. The van der Waals surface area contributed by atoms with Crippen LogP contribution < -0.4 is 10.5 Å². The molecule has 0 aliphatic carbocycles. The zero-order valence-corrected chi connectivity index (χ0v) is 19.7. The Morgan fingerprint density at radius 2 is 1.49 bits per heavy atom. The molecule has 4 nitrogen and oxygen atoms in total. The van der Waals surface area contributed by atoms with E-state index in [9.17, 15) is 9.18 Å². The van der Waals surface area contributed by atoms with Gasteiger partial charge in [-0.1, -0.05) is 60.7 Å². The predicted octanol–water partition coefficient (Wildman–Crippen LogP) is 6.44. The van der Waals surface area contributed by atoms with E-state index in [4.69, 9.17) is 4.98 Å². The maximum Gasteiger partial charge on any atom is 0.262 e. The average molecular weight is 464 g/mol. The molecule has 0 saturated heterocycles. The molecule has 0 fully saturated rings. The molecule has 5 heteroatoms. The Labute approximate surface area is 203 Å². The summed E-state index contributed by atoms with van der Waals surface area (Å²) < 4.78 is 15.2. The summed E-state index contributed by atoms with van der Waals surface area (Å²) in [6.45, 7) is 1.89. The predicted molar refractivity (Wildman–Crippen MR) is 140 cm³/mol. The smallest absolute Gasteiger partial charge is 0.262 e. The number of hydrogen-bond acceptors (Lipinski definition) is 3. The van der Waals surface area contributed by atoms with Crippen LogP contribution in [-0.4, -0.2) is 16.6 Å². The second kappa shape index (κ2) is 9.55. The van der Waals surface area contributed by atoms with Crippen molar-refractivity contribution in [2.24, 2.45) is 0 Å². The average Bonchev–Trinajstić information content (AvgIpc) is 2.89. The Bertz CT molecular complexity index is 1510. The van der Waals surface area contributed by atoms with E-state index in [2.05, 4.69) is 24.3 Å². The van der Waals surface area contributed by atoms with Crippen LogP contribution in [0.4, 0.5) is 15.8 Å². The van der Waals surface area contributed by atoms with E-state index in [-0.39, 0.29) is 17.4 Å². The number of fused-ring (bicyclic) bond motifs is 1. The van der Waals surface area contributed by atoms with E-state index in [1.807, 2.05) is 78.0 Å². The lowest BCUT2D eigenvalue weighted by molar-refractivity contribution is 0.541. The van der Waals surface area contributed by atoms with Crippen molar-refractivity contribution in [3.63, 3.8) is 0 Å². The summed E-state index contributed by atoms with van der Waals surface area (Å²) in [5.74, 6) is 0.389. The normalized spacial score (nSPS) is 12.0. The van der Waals surface area contributed by atoms with E-state index in [0.717, 1.165) is 22.5 Å². The number of benzene rings is 4. The third-order valence-corrected chi connectivity index (χ3v) is 6.43. The molecular formula is C30H26FN3O. The van der Waals surface area contributed by atoms with E-state index < -0.39 is 0 Å². The van der Waals surface area contributed by atoms with Crippen LogP contribution in [-0.2, 0) is 6.42 Å². The van der Waals surface area contributed by atoms with E-state index in [1.165, 1.54) is 12.1 Å². The summed E-state index contributed by atoms with van der Waals surface area (Å²) >= 11 is 0. The molecular weight excluding hydrogens is 437 g/mol. The molecule has 174 valence electrons. The van der Waals surface area contributed by atoms with Gasteiger partial charge in [-0.3, -0.25) is 9.36 Å². The van der Waals surface area contributed by atoms with Gasteiger partial charge in [-0.15, -0.1) is 0 Å². The van der Waals surface area contributed by atoms with E-state index >= 15 is 0 Å². The molecule has 5 aromatic rings. The van der Waals surface area contributed by atoms with Crippen molar-refractivity contribution >= 4 is 22.3 Å². The highest BCUT2D eigenvalue weighted by atomic mass is 19.1. The molecule has 1 aromatic heterocycles. The summed E-state index contributed by atoms with van der Waals surface area (Å²) in [6.07, 6.45) is 0.675. The molecule has 1 heterocycles. The fraction of sp³-hybridized carbons (Fsp3) is 0.133. The van der Waals surface area contributed by atoms with Crippen molar-refractivity contribution in [2.75, 3.05) is 11.9 Å². The largest absolute Gasteiger partial charge is 0.345 e. The van der Waals surface area contributed by atoms with Gasteiger partial charge in [0.25, 0.3) is 5.56 Å². The highest BCUT2D eigenvalue weighted by molar-refractivity contribution is 5.83. The minimum absolute atomic E-state index is 0.0772. The zero-order chi connectivity index (χ0) is 24.4. The standard InChI is InChI=1S/C30H26FN3O/c1-21-32-28-18-17-26(33(2)25-15-13-24(31)14-16-25)20-27(28)30(35)34(21)29(23-11-7-4-8-12-23)19-22-9-5-3-6-10-22/h3-18,20,29H,19H2,1-2H3. The molecule has 1 atom stereocenters. The van der Waals surface area contributed by atoms with Crippen LogP contribution in [0, 0.1) is 12.7 Å². The first kappa shape index (κ1) is 22.5. The molecule has 0 saturated carbocycles. The van der Waals surface area contributed by atoms with Gasteiger partial charge in [-0.2, -0.15) is 0 Å². The molecule has 0 aliphatic heterocycles. The molecule has 0 spiro atoms. The maximum absolute atomic E-state index is 14.0. The molecule has 0 radical (unpaired) electrons. The first-order valence-corrected chi connectivity index (χ1v) is 11.6. The zero-order valence-electron chi connectivity index (χ0n) is 19.7. The lowest BCUT2D eigenvalue weighted by Crippen LogP contribution is -2.30. The van der Waals surface area contributed by atoms with Crippen LogP contribution >= 0.6 is 0 Å². The molecule has 0 bridgehead atoms. The van der Waals surface area contributed by atoms with Crippen LogP contribution in [0.2, 0.25) is 0 Å². The quantitative estimate of drug-likeness (QED) is 0.291. The van der Waals surface area contributed by atoms with Gasteiger partial charge in [-0.25, -0.2) is 9.37 Å². The molecule has 35 heavy (non-hydrogen) atoms. The second-order valence-electron chi connectivity index (χ2n) is 8.69. The summed E-state index contributed by atoms with van der Waals surface area (Å²) in [5, 5.41) is 0.552. The van der Waals surface area contributed by atoms with Crippen molar-refractivity contribution in [1.29, 1.82) is 0 Å². The molecule has 5 rings (SSSR count). The van der Waals surface area contributed by atoms with Crippen molar-refractivity contribution in [3.8, 4) is 0 Å². The molecule has 0 N–H and O–H groups in total. The van der Waals surface area contributed by atoms with Crippen molar-refractivity contribution < 1.29 is 4.39 Å². The summed E-state index contributed by atoms with van der Waals surface area (Å²) in [5.41, 5.74) is 4.45. The van der Waals surface area contributed by atoms with Crippen LogP contribution in [0.3, 0.4) is 0 Å². The maximum atomic E-state index is 14.0. The molecule has 1 unspecified atom stereocenters. The Hall–Kier alpha value is -4.25. The minimum atomic E-state index is -0.284. The molecule has 0 aliphatic rings. The van der Waals surface area contributed by atoms with E-state index in [0.29, 0.717) is 23.1 Å². The Morgan fingerprint density at radius 3 is 2.17 bits per heavy atom. The molecule has 0 amide bonds. The minimum Gasteiger partial charge on any atom is -0.345 e. The van der Waals surface area contributed by atoms with Gasteiger partial charge in [0.1, 0.15) is 11.6 Å². The monoisotopic (exact) mass is 463 g/mol. The third kappa shape index (κ3) is 4.58. The van der Waals surface area contributed by atoms with Gasteiger partial charge < -0.3 is 4.90 Å². The number of aromatic nitrogens is 2. The van der Waals surface area contributed by atoms with Crippen LogP contribution in [0.25, 0.3) is 10.9 Å². The molecule has 4 aromatic carbocycles.